The van der Waals surface area contributed by atoms with Gasteiger partial charge in [-0.3, -0.25) is 14.5 Å². The number of likely N-dealkylation sites (tertiary alicyclic amines) is 1. The van der Waals surface area contributed by atoms with Crippen LogP contribution in [0.15, 0.2) is 30.3 Å². The summed E-state index contributed by atoms with van der Waals surface area (Å²) in [6.45, 7) is 0.488. The summed E-state index contributed by atoms with van der Waals surface area (Å²) in [4.78, 5) is 24.9. The van der Waals surface area contributed by atoms with Gasteiger partial charge >= 0.3 is 0 Å². The van der Waals surface area contributed by atoms with Crippen molar-refractivity contribution < 1.29 is 9.59 Å². The van der Waals surface area contributed by atoms with Crippen molar-refractivity contribution in [3.05, 3.63) is 35.9 Å². The van der Waals surface area contributed by atoms with Crippen LogP contribution in [0.3, 0.4) is 0 Å². The normalized spacial score (nSPS) is 25.6. The Bertz CT molecular complexity index is 494. The van der Waals surface area contributed by atoms with Gasteiger partial charge in [0.1, 0.15) is 0 Å². The molecular weight excluding hydrogens is 228 g/mol. The molecule has 1 aliphatic carbocycles. The number of hydrogen-bond donors (Lipinski definition) is 1. The fourth-order valence-corrected chi connectivity index (χ4v) is 2.66. The molecule has 1 atom stereocenters. The van der Waals surface area contributed by atoms with Crippen molar-refractivity contribution in [2.24, 2.45) is 5.73 Å². The Morgan fingerprint density at radius 2 is 1.89 bits per heavy atom. The number of carbonyl (C=O) groups excluding carboxylic acids is 2. The molecule has 2 amide bonds. The van der Waals surface area contributed by atoms with Gasteiger partial charge in [-0.05, 0) is 18.4 Å². The van der Waals surface area contributed by atoms with Crippen molar-refractivity contribution in [1.29, 1.82) is 0 Å². The molecule has 2 N–H and O–H groups in total. The van der Waals surface area contributed by atoms with E-state index >= 15 is 0 Å². The first-order valence-electron chi connectivity index (χ1n) is 6.28. The monoisotopic (exact) mass is 244 g/mol. The predicted molar refractivity (Wildman–Crippen MR) is 66.7 cm³/mol. The minimum atomic E-state index is -0.635. The highest BCUT2D eigenvalue weighted by Crippen LogP contribution is 2.49. The van der Waals surface area contributed by atoms with Crippen LogP contribution < -0.4 is 5.73 Å². The topological polar surface area (TPSA) is 63.4 Å². The smallest absolute Gasteiger partial charge is 0.246 e. The molecule has 1 aromatic rings. The van der Waals surface area contributed by atoms with Crippen LogP contribution in [0.5, 0.6) is 0 Å². The van der Waals surface area contributed by atoms with Gasteiger partial charge in [0.25, 0.3) is 0 Å². The van der Waals surface area contributed by atoms with Gasteiger partial charge in [0.2, 0.25) is 11.8 Å². The van der Waals surface area contributed by atoms with Crippen LogP contribution in [0.4, 0.5) is 0 Å². The third kappa shape index (κ3) is 1.73. The molecule has 1 heterocycles. The molecule has 1 saturated heterocycles. The Hall–Kier alpha value is -1.68. The Morgan fingerprint density at radius 1 is 1.22 bits per heavy atom. The first-order chi connectivity index (χ1) is 8.62. The molecule has 0 spiro atoms. The number of nitrogens with zero attached hydrogens (tertiary/aromatic N) is 1. The van der Waals surface area contributed by atoms with E-state index in [9.17, 15) is 9.59 Å². The molecule has 1 aromatic carbocycles. The Labute approximate surface area is 106 Å². The van der Waals surface area contributed by atoms with Gasteiger partial charge in [-0.2, -0.15) is 0 Å². The maximum atomic E-state index is 11.8. The van der Waals surface area contributed by atoms with Gasteiger partial charge in [-0.25, -0.2) is 0 Å². The summed E-state index contributed by atoms with van der Waals surface area (Å²) in [7, 11) is 0. The molecular formula is C14H16N2O2. The average Bonchev–Trinajstić information content (AvgIpc) is 3.12. The third-order valence-corrected chi connectivity index (χ3v) is 3.98. The zero-order valence-corrected chi connectivity index (χ0v) is 10.1. The number of carbonyl (C=O) groups is 2. The third-order valence-electron chi connectivity index (χ3n) is 3.98. The van der Waals surface area contributed by atoms with Crippen LogP contribution in [0.1, 0.15) is 24.8 Å². The van der Waals surface area contributed by atoms with Crippen LogP contribution in [-0.2, 0) is 15.0 Å². The van der Waals surface area contributed by atoms with E-state index in [1.54, 1.807) is 0 Å². The molecule has 0 unspecified atom stereocenters. The Morgan fingerprint density at radius 3 is 2.39 bits per heavy atom. The summed E-state index contributed by atoms with van der Waals surface area (Å²) in [5.74, 6) is -0.350. The Kier molecular flexibility index (Phi) is 2.48. The molecule has 4 nitrogen and oxygen atoms in total. The molecule has 94 valence electrons. The lowest BCUT2D eigenvalue weighted by Gasteiger charge is -2.22. The Balaban J connectivity index is 1.81. The number of amides is 2. The quantitative estimate of drug-likeness (QED) is 0.800. The van der Waals surface area contributed by atoms with Crippen LogP contribution in [-0.4, -0.2) is 29.3 Å². The maximum absolute atomic E-state index is 11.8. The van der Waals surface area contributed by atoms with E-state index < -0.39 is 6.04 Å². The van der Waals surface area contributed by atoms with Gasteiger partial charge in [0.15, 0.2) is 0 Å². The van der Waals surface area contributed by atoms with Crippen LogP contribution in [0.2, 0.25) is 0 Å². The number of rotatable bonds is 3. The van der Waals surface area contributed by atoms with Crippen molar-refractivity contribution in [3.8, 4) is 0 Å². The van der Waals surface area contributed by atoms with E-state index in [0.717, 1.165) is 12.8 Å². The molecule has 2 aliphatic rings. The average molecular weight is 244 g/mol. The van der Waals surface area contributed by atoms with E-state index in [0.29, 0.717) is 6.54 Å². The standard InChI is InChI=1S/C14H16N2O2/c15-11-8-12(17)16(13(11)18)9-14(6-7-14)10-4-2-1-3-5-10/h1-5,11H,6-9,15H2/t11-/m0/s1. The highest BCUT2D eigenvalue weighted by molar-refractivity contribution is 6.05. The van der Waals surface area contributed by atoms with E-state index in [2.05, 4.69) is 12.1 Å². The fraction of sp³-hybridized carbons (Fsp3) is 0.429. The van der Waals surface area contributed by atoms with Crippen molar-refractivity contribution in [1.82, 2.24) is 4.90 Å². The van der Waals surface area contributed by atoms with Crippen LogP contribution in [0, 0.1) is 0 Å². The fourth-order valence-electron chi connectivity index (χ4n) is 2.66. The van der Waals surface area contributed by atoms with E-state index in [-0.39, 0.29) is 23.7 Å². The largest absolute Gasteiger partial charge is 0.319 e. The zero-order valence-electron chi connectivity index (χ0n) is 10.1. The van der Waals surface area contributed by atoms with Crippen LogP contribution >= 0.6 is 0 Å². The van der Waals surface area contributed by atoms with Crippen molar-refractivity contribution in [2.75, 3.05) is 6.54 Å². The number of nitrogens with two attached hydrogens (primary N) is 1. The van der Waals surface area contributed by atoms with E-state index in [4.69, 9.17) is 5.73 Å². The van der Waals surface area contributed by atoms with Crippen molar-refractivity contribution in [3.63, 3.8) is 0 Å². The molecule has 18 heavy (non-hydrogen) atoms. The summed E-state index contributed by atoms with van der Waals surface area (Å²) in [5, 5.41) is 0. The molecule has 0 aromatic heterocycles. The number of benzene rings is 1. The van der Waals surface area contributed by atoms with Gasteiger partial charge in [-0.1, -0.05) is 30.3 Å². The zero-order chi connectivity index (χ0) is 12.8. The number of hydrogen-bond acceptors (Lipinski definition) is 3. The second kappa shape index (κ2) is 3.92. The first kappa shape index (κ1) is 11.4. The lowest BCUT2D eigenvalue weighted by atomic mass is 9.95. The van der Waals surface area contributed by atoms with Gasteiger partial charge in [0, 0.05) is 12.0 Å². The highest BCUT2D eigenvalue weighted by Gasteiger charge is 2.49. The minimum Gasteiger partial charge on any atom is -0.319 e. The van der Waals surface area contributed by atoms with Gasteiger partial charge in [0.05, 0.1) is 12.5 Å². The SMILES string of the molecule is N[C@H]1CC(=O)N(CC2(c3ccccc3)CC2)C1=O. The molecule has 4 heteroatoms. The summed E-state index contributed by atoms with van der Waals surface area (Å²) < 4.78 is 0. The predicted octanol–water partition coefficient (Wildman–Crippen LogP) is 0.804. The summed E-state index contributed by atoms with van der Waals surface area (Å²) in [6, 6.07) is 9.46. The molecule has 0 radical (unpaired) electrons. The first-order valence-corrected chi connectivity index (χ1v) is 6.28. The number of imide groups is 1. The van der Waals surface area contributed by atoms with Gasteiger partial charge in [-0.15, -0.1) is 0 Å². The second-order valence-corrected chi connectivity index (χ2v) is 5.28. The van der Waals surface area contributed by atoms with Crippen LogP contribution in [0.25, 0.3) is 0 Å². The minimum absolute atomic E-state index is 0.0172. The summed E-state index contributed by atoms with van der Waals surface area (Å²) >= 11 is 0. The molecule has 3 rings (SSSR count). The van der Waals surface area contributed by atoms with Crippen molar-refractivity contribution in [2.45, 2.75) is 30.7 Å². The van der Waals surface area contributed by atoms with E-state index in [1.807, 2.05) is 18.2 Å². The van der Waals surface area contributed by atoms with Gasteiger partial charge < -0.3 is 5.73 Å². The molecule has 1 saturated carbocycles. The van der Waals surface area contributed by atoms with Crippen molar-refractivity contribution >= 4 is 11.8 Å². The summed E-state index contributed by atoms with van der Waals surface area (Å²) in [6.07, 6.45) is 2.22. The molecule has 2 fully saturated rings. The maximum Gasteiger partial charge on any atom is 0.246 e. The summed E-state index contributed by atoms with van der Waals surface area (Å²) in [5.41, 5.74) is 6.82. The second-order valence-electron chi connectivity index (χ2n) is 5.28. The molecule has 0 bridgehead atoms. The lowest BCUT2D eigenvalue weighted by molar-refractivity contribution is -0.139. The highest BCUT2D eigenvalue weighted by atomic mass is 16.2. The van der Waals surface area contributed by atoms with E-state index in [1.165, 1.54) is 10.5 Å². The molecule has 1 aliphatic heterocycles. The lowest BCUT2D eigenvalue weighted by Crippen LogP contribution is -2.40.